The summed E-state index contributed by atoms with van der Waals surface area (Å²) in [6.45, 7) is 2.40. The van der Waals surface area contributed by atoms with Crippen LogP contribution in [-0.2, 0) is 10.0 Å². The molecule has 1 heterocycles. The van der Waals surface area contributed by atoms with Gasteiger partial charge in [0.1, 0.15) is 4.21 Å². The lowest BCUT2D eigenvalue weighted by molar-refractivity contribution is 0.581. The molecule has 0 amide bonds. The van der Waals surface area contributed by atoms with E-state index in [4.69, 9.17) is 0 Å². The Kier molecular flexibility index (Phi) is 5.24. The van der Waals surface area contributed by atoms with Crippen LogP contribution in [0.2, 0.25) is 0 Å². The summed E-state index contributed by atoms with van der Waals surface area (Å²) < 4.78 is 27.1. The average molecular weight is 377 g/mol. The van der Waals surface area contributed by atoms with Gasteiger partial charge in [0.05, 0.1) is 0 Å². The van der Waals surface area contributed by atoms with E-state index in [1.165, 1.54) is 11.3 Å². The molecule has 86 valence electrons. The predicted octanol–water partition coefficient (Wildman–Crippen LogP) is 2.96. The van der Waals surface area contributed by atoms with Gasteiger partial charge in [-0.1, -0.05) is 22.9 Å². The Balaban J connectivity index is 2.73. The second-order valence-corrected chi connectivity index (χ2v) is 7.94. The zero-order valence-electron chi connectivity index (χ0n) is 8.04. The molecule has 0 aromatic carbocycles. The summed E-state index contributed by atoms with van der Waals surface area (Å²) in [6.07, 6.45) is 0.883. The van der Waals surface area contributed by atoms with Crippen molar-refractivity contribution in [1.82, 2.24) is 4.72 Å². The van der Waals surface area contributed by atoms with Gasteiger partial charge in [0, 0.05) is 15.8 Å². The molecule has 0 bridgehead atoms. The number of hydrogen-bond donors (Lipinski definition) is 1. The van der Waals surface area contributed by atoms with Gasteiger partial charge in [0.25, 0.3) is 10.0 Å². The van der Waals surface area contributed by atoms with Crippen molar-refractivity contribution >= 4 is 53.2 Å². The van der Waals surface area contributed by atoms with Crippen molar-refractivity contribution in [3.05, 3.63) is 15.9 Å². The monoisotopic (exact) mass is 375 g/mol. The summed E-state index contributed by atoms with van der Waals surface area (Å²) in [7, 11) is -3.36. The Morgan fingerprint density at radius 2 is 2.27 bits per heavy atom. The summed E-state index contributed by atoms with van der Waals surface area (Å²) >= 11 is 7.78. The Morgan fingerprint density at radius 1 is 1.60 bits per heavy atom. The number of sulfonamides is 1. The van der Waals surface area contributed by atoms with Crippen LogP contribution >= 0.6 is 43.2 Å². The van der Waals surface area contributed by atoms with Gasteiger partial charge in [0.2, 0.25) is 0 Å². The van der Waals surface area contributed by atoms with Crippen LogP contribution in [0.15, 0.2) is 20.1 Å². The number of hydrogen-bond acceptors (Lipinski definition) is 3. The molecule has 3 nitrogen and oxygen atoms in total. The maximum absolute atomic E-state index is 11.8. The van der Waals surface area contributed by atoms with Crippen LogP contribution in [0.25, 0.3) is 0 Å². The highest BCUT2D eigenvalue weighted by molar-refractivity contribution is 9.10. The van der Waals surface area contributed by atoms with Crippen molar-refractivity contribution in [3.8, 4) is 0 Å². The first kappa shape index (κ1) is 13.6. The SMILES string of the molecule is CCC(Br)CNS(=O)(=O)c1sccc1Br. The van der Waals surface area contributed by atoms with Crippen molar-refractivity contribution in [1.29, 1.82) is 0 Å². The van der Waals surface area contributed by atoms with E-state index in [2.05, 4.69) is 36.6 Å². The molecule has 1 aromatic heterocycles. The lowest BCUT2D eigenvalue weighted by Crippen LogP contribution is -2.29. The van der Waals surface area contributed by atoms with E-state index < -0.39 is 10.0 Å². The van der Waals surface area contributed by atoms with Crippen LogP contribution in [0.3, 0.4) is 0 Å². The first-order chi connectivity index (χ1) is 6.97. The molecule has 0 fully saturated rings. The van der Waals surface area contributed by atoms with Crippen LogP contribution in [0.1, 0.15) is 13.3 Å². The first-order valence-corrected chi connectivity index (χ1v) is 8.41. The third-order valence-corrected chi connectivity index (χ3v) is 6.83. The number of rotatable bonds is 5. The third-order valence-electron chi connectivity index (χ3n) is 1.77. The van der Waals surface area contributed by atoms with Gasteiger partial charge in [-0.3, -0.25) is 0 Å². The van der Waals surface area contributed by atoms with Gasteiger partial charge in [0.15, 0.2) is 0 Å². The van der Waals surface area contributed by atoms with E-state index in [1.54, 1.807) is 11.4 Å². The van der Waals surface area contributed by atoms with Crippen LogP contribution in [0.4, 0.5) is 0 Å². The van der Waals surface area contributed by atoms with Crippen LogP contribution in [0.5, 0.6) is 0 Å². The molecule has 0 aliphatic carbocycles. The highest BCUT2D eigenvalue weighted by Crippen LogP contribution is 2.27. The van der Waals surface area contributed by atoms with Crippen LogP contribution < -0.4 is 4.72 Å². The minimum atomic E-state index is -3.36. The minimum Gasteiger partial charge on any atom is -0.209 e. The maximum atomic E-state index is 11.8. The van der Waals surface area contributed by atoms with E-state index in [-0.39, 0.29) is 4.83 Å². The average Bonchev–Trinajstić information content (AvgIpc) is 2.61. The van der Waals surface area contributed by atoms with Crippen molar-refractivity contribution < 1.29 is 8.42 Å². The molecule has 0 saturated heterocycles. The molecule has 0 spiro atoms. The molecule has 1 rings (SSSR count). The molecule has 15 heavy (non-hydrogen) atoms. The van der Waals surface area contributed by atoms with Crippen molar-refractivity contribution in [2.24, 2.45) is 0 Å². The number of nitrogens with one attached hydrogen (secondary N) is 1. The van der Waals surface area contributed by atoms with Gasteiger partial charge in [-0.15, -0.1) is 11.3 Å². The smallest absolute Gasteiger partial charge is 0.209 e. The molecular formula is C8H11Br2NO2S2. The molecule has 0 aliphatic rings. The molecule has 7 heteroatoms. The summed E-state index contributed by atoms with van der Waals surface area (Å²) in [5, 5.41) is 1.74. The van der Waals surface area contributed by atoms with Gasteiger partial charge >= 0.3 is 0 Å². The largest absolute Gasteiger partial charge is 0.251 e. The van der Waals surface area contributed by atoms with Gasteiger partial charge in [-0.05, 0) is 33.8 Å². The van der Waals surface area contributed by atoms with Crippen LogP contribution in [-0.4, -0.2) is 19.8 Å². The summed E-state index contributed by atoms with van der Waals surface area (Å²) in [5.41, 5.74) is 0. The van der Waals surface area contributed by atoms with E-state index in [9.17, 15) is 8.42 Å². The fourth-order valence-corrected chi connectivity index (χ4v) is 4.72. The summed E-state index contributed by atoms with van der Waals surface area (Å²) in [4.78, 5) is 0.172. The Labute approximate surface area is 111 Å². The lowest BCUT2D eigenvalue weighted by atomic mass is 10.3. The van der Waals surface area contributed by atoms with E-state index >= 15 is 0 Å². The highest BCUT2D eigenvalue weighted by Gasteiger charge is 2.19. The summed E-state index contributed by atoms with van der Waals surface area (Å²) in [5.74, 6) is 0. The zero-order chi connectivity index (χ0) is 11.5. The van der Waals surface area contributed by atoms with Crippen molar-refractivity contribution in [2.75, 3.05) is 6.54 Å². The second kappa shape index (κ2) is 5.77. The predicted molar refractivity (Wildman–Crippen MR) is 70.2 cm³/mol. The fraction of sp³-hybridized carbons (Fsp3) is 0.500. The van der Waals surface area contributed by atoms with Gasteiger partial charge in [-0.2, -0.15) is 0 Å². The van der Waals surface area contributed by atoms with Gasteiger partial charge in [-0.25, -0.2) is 13.1 Å². The van der Waals surface area contributed by atoms with E-state index in [1.807, 2.05) is 6.92 Å². The molecule has 1 N–H and O–H groups in total. The third kappa shape index (κ3) is 3.81. The molecule has 0 saturated carbocycles. The topological polar surface area (TPSA) is 46.2 Å². The van der Waals surface area contributed by atoms with Crippen molar-refractivity contribution in [2.45, 2.75) is 22.4 Å². The Hall–Kier alpha value is 0.570. The second-order valence-electron chi connectivity index (χ2n) is 2.91. The molecular weight excluding hydrogens is 366 g/mol. The molecule has 0 aliphatic heterocycles. The zero-order valence-corrected chi connectivity index (χ0v) is 12.8. The van der Waals surface area contributed by atoms with Crippen LogP contribution in [0, 0.1) is 0 Å². The van der Waals surface area contributed by atoms with Crippen molar-refractivity contribution in [3.63, 3.8) is 0 Å². The van der Waals surface area contributed by atoms with E-state index in [0.717, 1.165) is 6.42 Å². The fourth-order valence-electron chi connectivity index (χ4n) is 0.882. The van der Waals surface area contributed by atoms with E-state index in [0.29, 0.717) is 15.2 Å². The Morgan fingerprint density at radius 3 is 2.73 bits per heavy atom. The Bertz CT molecular complexity index is 416. The molecule has 1 atom stereocenters. The number of alkyl halides is 1. The summed E-state index contributed by atoms with van der Waals surface area (Å²) in [6, 6.07) is 1.73. The first-order valence-electron chi connectivity index (χ1n) is 4.34. The standard InChI is InChI=1S/C8H11Br2NO2S2/c1-2-6(9)5-11-15(12,13)8-7(10)3-4-14-8/h3-4,6,11H,2,5H2,1H3. The normalized spacial score (nSPS) is 14.1. The lowest BCUT2D eigenvalue weighted by Gasteiger charge is -2.08. The highest BCUT2D eigenvalue weighted by atomic mass is 79.9. The molecule has 1 unspecified atom stereocenters. The quantitative estimate of drug-likeness (QED) is 0.803. The van der Waals surface area contributed by atoms with Gasteiger partial charge < -0.3 is 0 Å². The number of thiophene rings is 1. The maximum Gasteiger partial charge on any atom is 0.251 e. The number of halogens is 2. The molecule has 0 radical (unpaired) electrons. The molecule has 1 aromatic rings. The minimum absolute atomic E-state index is 0.172.